The average Bonchev–Trinajstić information content (AvgIpc) is 2.31. The number of hydrogen-bond acceptors (Lipinski definition) is 4. The van der Waals surface area contributed by atoms with Gasteiger partial charge in [0.15, 0.2) is 0 Å². The van der Waals surface area contributed by atoms with Gasteiger partial charge in [-0.25, -0.2) is 0 Å². The van der Waals surface area contributed by atoms with Gasteiger partial charge in [-0.15, -0.1) is 0 Å². The maximum Gasteiger partial charge on any atom is 0.271 e. The van der Waals surface area contributed by atoms with Gasteiger partial charge in [0.05, 0.1) is 16.7 Å². The van der Waals surface area contributed by atoms with Gasteiger partial charge >= 0.3 is 0 Å². The highest BCUT2D eigenvalue weighted by Gasteiger charge is 2.15. The van der Waals surface area contributed by atoms with Crippen LogP contribution in [0.1, 0.15) is 25.3 Å². The highest BCUT2D eigenvalue weighted by atomic mass is 16.6. The van der Waals surface area contributed by atoms with Crippen LogP contribution in [0.25, 0.3) is 0 Å². The van der Waals surface area contributed by atoms with Crippen LogP contribution >= 0.6 is 0 Å². The normalized spacial score (nSPS) is 11.9. The predicted molar refractivity (Wildman–Crippen MR) is 69.3 cm³/mol. The number of nitrogens with one attached hydrogen (secondary N) is 1. The van der Waals surface area contributed by atoms with E-state index in [0.717, 1.165) is 12.0 Å². The molecule has 0 saturated heterocycles. The number of carbonyl (C=O) groups is 1. The van der Waals surface area contributed by atoms with Gasteiger partial charge < -0.3 is 11.1 Å². The first-order chi connectivity index (χ1) is 8.45. The van der Waals surface area contributed by atoms with E-state index in [1.807, 2.05) is 6.92 Å². The Morgan fingerprint density at radius 2 is 2.22 bits per heavy atom. The molecule has 1 rings (SSSR count). The number of nitro benzene ring substituents is 1. The number of hydrogen-bond donors (Lipinski definition) is 2. The molecule has 3 N–H and O–H groups in total. The number of aryl methyl sites for hydroxylation is 1. The maximum atomic E-state index is 11.7. The molecular weight excluding hydrogens is 234 g/mol. The van der Waals surface area contributed by atoms with Crippen molar-refractivity contribution in [2.45, 2.75) is 32.7 Å². The molecule has 0 fully saturated rings. The zero-order chi connectivity index (χ0) is 13.7. The summed E-state index contributed by atoms with van der Waals surface area (Å²) < 4.78 is 0. The molecule has 6 nitrogen and oxygen atoms in total. The number of anilines is 1. The summed E-state index contributed by atoms with van der Waals surface area (Å²) in [4.78, 5) is 21.9. The van der Waals surface area contributed by atoms with Crippen LogP contribution in [0, 0.1) is 17.0 Å². The van der Waals surface area contributed by atoms with Crippen LogP contribution in [0.5, 0.6) is 0 Å². The summed E-state index contributed by atoms with van der Waals surface area (Å²) in [5.74, 6) is -0.319. The minimum absolute atomic E-state index is 0.0556. The Hall–Kier alpha value is -1.95. The van der Waals surface area contributed by atoms with Gasteiger partial charge in [0.2, 0.25) is 5.91 Å². The molecule has 0 saturated carbocycles. The fourth-order valence-corrected chi connectivity index (χ4v) is 1.53. The fourth-order valence-electron chi connectivity index (χ4n) is 1.53. The van der Waals surface area contributed by atoms with E-state index in [4.69, 9.17) is 5.73 Å². The number of benzene rings is 1. The molecule has 0 unspecified atom stereocenters. The van der Waals surface area contributed by atoms with Gasteiger partial charge in [-0.2, -0.15) is 0 Å². The molecule has 1 amide bonds. The highest BCUT2D eigenvalue weighted by Crippen LogP contribution is 2.21. The summed E-state index contributed by atoms with van der Waals surface area (Å²) in [5.41, 5.74) is 6.81. The minimum Gasteiger partial charge on any atom is -0.324 e. The average molecular weight is 251 g/mol. The van der Waals surface area contributed by atoms with Gasteiger partial charge in [-0.3, -0.25) is 14.9 Å². The van der Waals surface area contributed by atoms with Gasteiger partial charge in [-0.05, 0) is 18.9 Å². The topological polar surface area (TPSA) is 98.3 Å². The van der Waals surface area contributed by atoms with Crippen molar-refractivity contribution in [3.8, 4) is 0 Å². The number of nitrogens with zero attached hydrogens (tertiary/aromatic N) is 1. The van der Waals surface area contributed by atoms with Crippen molar-refractivity contribution in [1.29, 1.82) is 0 Å². The van der Waals surface area contributed by atoms with Crippen molar-refractivity contribution in [2.24, 2.45) is 5.73 Å². The molecule has 0 heterocycles. The monoisotopic (exact) mass is 251 g/mol. The molecule has 98 valence electrons. The van der Waals surface area contributed by atoms with Crippen molar-refractivity contribution in [3.63, 3.8) is 0 Å². The van der Waals surface area contributed by atoms with Crippen molar-refractivity contribution < 1.29 is 9.72 Å². The van der Waals surface area contributed by atoms with Gasteiger partial charge in [0.25, 0.3) is 5.69 Å². The zero-order valence-electron chi connectivity index (χ0n) is 10.5. The standard InChI is InChI=1S/C12H17N3O3/c1-3-4-10(13)12(16)14-11-7-9(15(17)18)6-5-8(11)2/h5-7,10H,3-4,13H2,1-2H3,(H,14,16)/t10-/m1/s1. The number of non-ortho nitro benzene ring substituents is 1. The molecule has 0 bridgehead atoms. The molecule has 1 aromatic rings. The smallest absolute Gasteiger partial charge is 0.271 e. The van der Waals surface area contributed by atoms with Crippen molar-refractivity contribution in [3.05, 3.63) is 33.9 Å². The molecule has 0 aromatic heterocycles. The summed E-state index contributed by atoms with van der Waals surface area (Å²) in [6.07, 6.45) is 1.39. The van der Waals surface area contributed by atoms with Gasteiger partial charge in [0, 0.05) is 12.1 Å². The summed E-state index contributed by atoms with van der Waals surface area (Å²) in [5, 5.41) is 13.3. The molecule has 0 aliphatic heterocycles. The third-order valence-corrected chi connectivity index (χ3v) is 2.63. The number of nitrogens with two attached hydrogens (primary N) is 1. The molecule has 6 heteroatoms. The molecule has 0 radical (unpaired) electrons. The molecule has 0 spiro atoms. The fraction of sp³-hybridized carbons (Fsp3) is 0.417. The number of carbonyl (C=O) groups excluding carboxylic acids is 1. The van der Waals surface area contributed by atoms with E-state index in [1.165, 1.54) is 12.1 Å². The molecule has 18 heavy (non-hydrogen) atoms. The quantitative estimate of drug-likeness (QED) is 0.617. The summed E-state index contributed by atoms with van der Waals surface area (Å²) in [6, 6.07) is 3.75. The summed E-state index contributed by atoms with van der Waals surface area (Å²) in [6.45, 7) is 3.70. The van der Waals surface area contributed by atoms with Crippen molar-refractivity contribution >= 4 is 17.3 Å². The van der Waals surface area contributed by atoms with E-state index in [-0.39, 0.29) is 11.6 Å². The Morgan fingerprint density at radius 1 is 1.56 bits per heavy atom. The van der Waals surface area contributed by atoms with Crippen LogP contribution in [0.2, 0.25) is 0 Å². The summed E-state index contributed by atoms with van der Waals surface area (Å²) >= 11 is 0. The largest absolute Gasteiger partial charge is 0.324 e. The Bertz CT molecular complexity index is 460. The van der Waals surface area contributed by atoms with Crippen molar-refractivity contribution in [2.75, 3.05) is 5.32 Å². The molecule has 1 aromatic carbocycles. The predicted octanol–water partition coefficient (Wildman–Crippen LogP) is 1.97. The zero-order valence-corrected chi connectivity index (χ0v) is 10.5. The maximum absolute atomic E-state index is 11.7. The lowest BCUT2D eigenvalue weighted by atomic mass is 10.1. The van der Waals surface area contributed by atoms with E-state index >= 15 is 0 Å². The summed E-state index contributed by atoms with van der Waals surface area (Å²) in [7, 11) is 0. The van der Waals surface area contributed by atoms with Crippen LogP contribution in [0.4, 0.5) is 11.4 Å². The SMILES string of the molecule is CCC[C@@H](N)C(=O)Nc1cc([N+](=O)[O-])ccc1C. The first-order valence-corrected chi connectivity index (χ1v) is 5.77. The Morgan fingerprint density at radius 3 is 2.78 bits per heavy atom. The van der Waals surface area contributed by atoms with Crippen LogP contribution in [-0.2, 0) is 4.79 Å². The van der Waals surface area contributed by atoms with E-state index in [1.54, 1.807) is 13.0 Å². The van der Waals surface area contributed by atoms with Crippen LogP contribution < -0.4 is 11.1 Å². The first kappa shape index (κ1) is 14.1. The molecular formula is C12H17N3O3. The Kier molecular flexibility index (Phi) is 4.79. The van der Waals surface area contributed by atoms with E-state index in [2.05, 4.69) is 5.32 Å². The van der Waals surface area contributed by atoms with E-state index < -0.39 is 11.0 Å². The lowest BCUT2D eigenvalue weighted by Gasteiger charge is -2.12. The Balaban J connectivity index is 2.86. The van der Waals surface area contributed by atoms with Crippen LogP contribution in [0.3, 0.4) is 0 Å². The molecule has 0 aliphatic carbocycles. The lowest BCUT2D eigenvalue weighted by Crippen LogP contribution is -2.35. The second-order valence-electron chi connectivity index (χ2n) is 4.14. The van der Waals surface area contributed by atoms with E-state index in [9.17, 15) is 14.9 Å². The second-order valence-corrected chi connectivity index (χ2v) is 4.14. The van der Waals surface area contributed by atoms with Crippen LogP contribution in [0.15, 0.2) is 18.2 Å². The minimum atomic E-state index is -0.589. The number of amides is 1. The molecule has 0 aliphatic rings. The Labute approximate surface area is 105 Å². The lowest BCUT2D eigenvalue weighted by molar-refractivity contribution is -0.384. The number of rotatable bonds is 5. The van der Waals surface area contributed by atoms with Gasteiger partial charge in [0.1, 0.15) is 0 Å². The van der Waals surface area contributed by atoms with Crippen LogP contribution in [-0.4, -0.2) is 16.9 Å². The van der Waals surface area contributed by atoms with E-state index in [0.29, 0.717) is 12.1 Å². The third-order valence-electron chi connectivity index (χ3n) is 2.63. The third kappa shape index (κ3) is 3.53. The first-order valence-electron chi connectivity index (χ1n) is 5.77. The van der Waals surface area contributed by atoms with Gasteiger partial charge in [-0.1, -0.05) is 19.4 Å². The molecule has 1 atom stereocenters. The number of nitro groups is 1. The highest BCUT2D eigenvalue weighted by molar-refractivity contribution is 5.95. The second kappa shape index (κ2) is 6.11. The van der Waals surface area contributed by atoms with Crippen molar-refractivity contribution in [1.82, 2.24) is 0 Å².